The van der Waals surface area contributed by atoms with Gasteiger partial charge in [0.25, 0.3) is 0 Å². The highest BCUT2D eigenvalue weighted by Crippen LogP contribution is 2.20. The number of Topliss-reactive ketones (excluding diaryl/α,β-unsaturated/α-hetero) is 1. The number of carbonyl (C=O) groups is 1. The summed E-state index contributed by atoms with van der Waals surface area (Å²) in [6, 6.07) is 0. The van der Waals surface area contributed by atoms with Gasteiger partial charge in [0.15, 0.2) is 5.78 Å². The number of rotatable bonds is 4. The van der Waals surface area contributed by atoms with Crippen molar-refractivity contribution in [2.45, 2.75) is 45.1 Å². The van der Waals surface area contributed by atoms with Crippen molar-refractivity contribution < 1.29 is 9.53 Å². The van der Waals surface area contributed by atoms with E-state index in [0.29, 0.717) is 0 Å². The molecule has 0 aromatic rings. The van der Waals surface area contributed by atoms with Crippen molar-refractivity contribution >= 4 is 5.78 Å². The Hall–Kier alpha value is -0.630. The Labute approximate surface area is 80.0 Å². The highest BCUT2D eigenvalue weighted by molar-refractivity contribution is 5.98. The quantitative estimate of drug-likeness (QED) is 0.667. The van der Waals surface area contributed by atoms with Crippen LogP contribution in [0.3, 0.4) is 0 Å². The highest BCUT2D eigenvalue weighted by Gasteiger charge is 2.20. The molecule has 1 aliphatic carbocycles. The molecule has 0 saturated carbocycles. The maximum absolute atomic E-state index is 11.8. The second-order valence-electron chi connectivity index (χ2n) is 3.47. The van der Waals surface area contributed by atoms with Crippen LogP contribution in [0.25, 0.3) is 0 Å². The minimum absolute atomic E-state index is 0.199. The van der Waals surface area contributed by atoms with Crippen LogP contribution in [0.15, 0.2) is 11.6 Å². The predicted octanol–water partition coefficient (Wildman–Crippen LogP) is 2.48. The van der Waals surface area contributed by atoms with Gasteiger partial charge in [-0.3, -0.25) is 4.79 Å². The Morgan fingerprint density at radius 1 is 1.62 bits per heavy atom. The van der Waals surface area contributed by atoms with Crippen LogP contribution in [-0.2, 0) is 9.53 Å². The van der Waals surface area contributed by atoms with Gasteiger partial charge in [0.2, 0.25) is 0 Å². The van der Waals surface area contributed by atoms with E-state index in [1.165, 1.54) is 6.42 Å². The van der Waals surface area contributed by atoms with E-state index in [9.17, 15) is 4.79 Å². The van der Waals surface area contributed by atoms with Gasteiger partial charge in [0, 0.05) is 7.11 Å². The van der Waals surface area contributed by atoms with Crippen LogP contribution < -0.4 is 0 Å². The third-order valence-electron chi connectivity index (χ3n) is 2.56. The van der Waals surface area contributed by atoms with Gasteiger partial charge in [-0.1, -0.05) is 13.0 Å². The maximum Gasteiger partial charge on any atom is 0.187 e. The van der Waals surface area contributed by atoms with Crippen molar-refractivity contribution in [3.05, 3.63) is 11.6 Å². The lowest BCUT2D eigenvalue weighted by Crippen LogP contribution is -2.24. The Morgan fingerprint density at radius 3 is 2.85 bits per heavy atom. The summed E-state index contributed by atoms with van der Waals surface area (Å²) in [6.45, 7) is 1.98. The van der Waals surface area contributed by atoms with Crippen LogP contribution in [0, 0.1) is 0 Å². The number of allylic oxidation sites excluding steroid dienone is 1. The van der Waals surface area contributed by atoms with Crippen molar-refractivity contribution in [2.24, 2.45) is 0 Å². The molecule has 2 heteroatoms. The molecule has 0 bridgehead atoms. The van der Waals surface area contributed by atoms with Crippen molar-refractivity contribution in [1.29, 1.82) is 0 Å². The van der Waals surface area contributed by atoms with Crippen molar-refractivity contribution in [2.75, 3.05) is 7.11 Å². The molecule has 1 atom stereocenters. The largest absolute Gasteiger partial charge is 0.373 e. The Kier molecular flexibility index (Phi) is 4.16. The van der Waals surface area contributed by atoms with E-state index in [0.717, 1.165) is 31.3 Å². The maximum atomic E-state index is 11.8. The first-order chi connectivity index (χ1) is 6.29. The molecule has 0 N–H and O–H groups in total. The van der Waals surface area contributed by atoms with E-state index >= 15 is 0 Å². The number of hydrogen-bond acceptors (Lipinski definition) is 2. The van der Waals surface area contributed by atoms with Crippen LogP contribution in [-0.4, -0.2) is 19.0 Å². The van der Waals surface area contributed by atoms with Gasteiger partial charge in [0.05, 0.1) is 0 Å². The molecule has 1 aliphatic rings. The first kappa shape index (κ1) is 10.5. The van der Waals surface area contributed by atoms with Crippen LogP contribution in [0.1, 0.15) is 39.0 Å². The molecule has 0 aromatic carbocycles. The summed E-state index contributed by atoms with van der Waals surface area (Å²) in [6.07, 6.45) is 7.00. The van der Waals surface area contributed by atoms with Crippen LogP contribution in [0.2, 0.25) is 0 Å². The van der Waals surface area contributed by atoms with Gasteiger partial charge in [0.1, 0.15) is 6.10 Å². The highest BCUT2D eigenvalue weighted by atomic mass is 16.5. The zero-order chi connectivity index (χ0) is 9.68. The van der Waals surface area contributed by atoms with E-state index in [4.69, 9.17) is 4.74 Å². The molecule has 0 radical (unpaired) electrons. The minimum Gasteiger partial charge on any atom is -0.373 e. The molecule has 0 amide bonds. The molecule has 1 unspecified atom stereocenters. The van der Waals surface area contributed by atoms with Gasteiger partial charge < -0.3 is 4.74 Å². The second-order valence-corrected chi connectivity index (χ2v) is 3.47. The number of ketones is 1. The molecule has 2 nitrogen and oxygen atoms in total. The summed E-state index contributed by atoms with van der Waals surface area (Å²) >= 11 is 0. The fraction of sp³-hybridized carbons (Fsp3) is 0.727. The Balaban J connectivity index is 2.59. The van der Waals surface area contributed by atoms with E-state index < -0.39 is 0 Å². The lowest BCUT2D eigenvalue weighted by Gasteiger charge is -2.16. The van der Waals surface area contributed by atoms with E-state index in [2.05, 4.69) is 6.08 Å². The monoisotopic (exact) mass is 182 g/mol. The fourth-order valence-corrected chi connectivity index (χ4v) is 1.73. The first-order valence-electron chi connectivity index (χ1n) is 5.05. The zero-order valence-electron chi connectivity index (χ0n) is 8.51. The van der Waals surface area contributed by atoms with E-state index in [1.54, 1.807) is 7.11 Å². The number of methoxy groups -OCH3 is 1. The summed E-state index contributed by atoms with van der Waals surface area (Å²) in [4.78, 5) is 11.8. The smallest absolute Gasteiger partial charge is 0.187 e. The molecule has 74 valence electrons. The summed E-state index contributed by atoms with van der Waals surface area (Å²) in [5, 5.41) is 0. The third kappa shape index (κ3) is 2.66. The molecule has 0 saturated heterocycles. The molecule has 0 aliphatic heterocycles. The van der Waals surface area contributed by atoms with Crippen molar-refractivity contribution in [3.8, 4) is 0 Å². The summed E-state index contributed by atoms with van der Waals surface area (Å²) in [5.74, 6) is 0.199. The molecule has 13 heavy (non-hydrogen) atoms. The Morgan fingerprint density at radius 2 is 2.38 bits per heavy atom. The fourth-order valence-electron chi connectivity index (χ4n) is 1.73. The van der Waals surface area contributed by atoms with Gasteiger partial charge in [-0.15, -0.1) is 0 Å². The molecule has 0 heterocycles. The standard InChI is InChI=1S/C11H18O2/c1-3-10(13-2)11(12)9-7-5-4-6-8-9/h7,10H,3-6,8H2,1-2H3. The van der Waals surface area contributed by atoms with E-state index in [1.807, 2.05) is 6.92 Å². The second kappa shape index (κ2) is 5.18. The van der Waals surface area contributed by atoms with Gasteiger partial charge in [-0.25, -0.2) is 0 Å². The normalized spacial score (nSPS) is 19.4. The minimum atomic E-state index is -0.218. The molecule has 0 spiro atoms. The topological polar surface area (TPSA) is 26.3 Å². The van der Waals surface area contributed by atoms with E-state index in [-0.39, 0.29) is 11.9 Å². The predicted molar refractivity (Wildman–Crippen MR) is 52.6 cm³/mol. The molecule has 0 fully saturated rings. The first-order valence-corrected chi connectivity index (χ1v) is 5.05. The average Bonchev–Trinajstić information content (AvgIpc) is 2.21. The van der Waals surface area contributed by atoms with Crippen molar-refractivity contribution in [1.82, 2.24) is 0 Å². The summed E-state index contributed by atoms with van der Waals surface area (Å²) in [5.41, 5.74) is 0.986. The number of ether oxygens (including phenoxy) is 1. The molecule has 0 aromatic heterocycles. The van der Waals surface area contributed by atoms with Crippen LogP contribution in [0.5, 0.6) is 0 Å². The molecule has 1 rings (SSSR count). The Bertz CT molecular complexity index is 202. The molecular formula is C11H18O2. The van der Waals surface area contributed by atoms with Crippen molar-refractivity contribution in [3.63, 3.8) is 0 Å². The third-order valence-corrected chi connectivity index (χ3v) is 2.56. The summed E-state index contributed by atoms with van der Waals surface area (Å²) < 4.78 is 5.12. The number of carbonyl (C=O) groups excluding carboxylic acids is 1. The SMILES string of the molecule is CCC(OC)C(=O)C1=CCCCC1. The van der Waals surface area contributed by atoms with Gasteiger partial charge in [-0.05, 0) is 37.7 Å². The lowest BCUT2D eigenvalue weighted by atomic mass is 9.93. The average molecular weight is 182 g/mol. The van der Waals surface area contributed by atoms with Crippen LogP contribution >= 0.6 is 0 Å². The van der Waals surface area contributed by atoms with Gasteiger partial charge in [-0.2, -0.15) is 0 Å². The number of hydrogen-bond donors (Lipinski definition) is 0. The lowest BCUT2D eigenvalue weighted by molar-refractivity contribution is -0.125. The zero-order valence-corrected chi connectivity index (χ0v) is 8.51. The summed E-state index contributed by atoms with van der Waals surface area (Å²) in [7, 11) is 1.61. The van der Waals surface area contributed by atoms with Gasteiger partial charge >= 0.3 is 0 Å². The van der Waals surface area contributed by atoms with Crippen LogP contribution in [0.4, 0.5) is 0 Å². The molecular weight excluding hydrogens is 164 g/mol.